The molecule has 0 amide bonds. The molecule has 1 aromatic heterocycles. The molecule has 3 aromatic rings. The highest BCUT2D eigenvalue weighted by Crippen LogP contribution is 2.35. The topological polar surface area (TPSA) is 118 Å². The van der Waals surface area contributed by atoms with Gasteiger partial charge in [-0.3, -0.25) is 5.10 Å². The zero-order valence-corrected chi connectivity index (χ0v) is 16.9. The Morgan fingerprint density at radius 3 is 2.66 bits per heavy atom. The monoisotopic (exact) mass is 433 g/mol. The van der Waals surface area contributed by atoms with E-state index in [0.29, 0.717) is 27.7 Å². The Balaban J connectivity index is 1.92. The summed E-state index contributed by atoms with van der Waals surface area (Å²) >= 11 is 6.87. The average molecular weight is 434 g/mol. The molecule has 3 N–H and O–H groups in total. The maximum absolute atomic E-state index is 11.7. The second kappa shape index (κ2) is 8.89. The molecule has 29 heavy (non-hydrogen) atoms. The Kier molecular flexibility index (Phi) is 6.30. The SMILES string of the molecule is COc1ccc(Cl)cc1-c1nc(S/C(=C\c2cccc(OC)c2O)C(=O)O)n[nH]1. The molecule has 0 spiro atoms. The van der Waals surface area contributed by atoms with Crippen molar-refractivity contribution in [1.82, 2.24) is 15.2 Å². The number of aromatic nitrogens is 3. The van der Waals surface area contributed by atoms with Gasteiger partial charge >= 0.3 is 5.97 Å². The van der Waals surface area contributed by atoms with Crippen LogP contribution in [-0.4, -0.2) is 45.6 Å². The van der Waals surface area contributed by atoms with Crippen LogP contribution in [0, 0.1) is 0 Å². The number of halogens is 1. The molecule has 0 atom stereocenters. The van der Waals surface area contributed by atoms with E-state index in [4.69, 9.17) is 21.1 Å². The number of aliphatic carboxylic acids is 1. The van der Waals surface area contributed by atoms with Crippen molar-refractivity contribution in [2.24, 2.45) is 0 Å². The number of methoxy groups -OCH3 is 2. The lowest BCUT2D eigenvalue weighted by molar-refractivity contribution is -0.131. The Morgan fingerprint density at radius 1 is 1.21 bits per heavy atom. The van der Waals surface area contributed by atoms with E-state index in [0.717, 1.165) is 11.8 Å². The summed E-state index contributed by atoms with van der Waals surface area (Å²) in [4.78, 5) is 15.9. The van der Waals surface area contributed by atoms with Crippen LogP contribution in [0.2, 0.25) is 5.02 Å². The van der Waals surface area contributed by atoms with Crippen molar-refractivity contribution in [3.63, 3.8) is 0 Å². The molecule has 1 heterocycles. The molecule has 0 aliphatic heterocycles. The molecule has 0 bridgehead atoms. The summed E-state index contributed by atoms with van der Waals surface area (Å²) < 4.78 is 10.3. The molecule has 0 saturated heterocycles. The number of phenols is 1. The Hall–Kier alpha value is -3.17. The minimum atomic E-state index is -1.19. The molecular formula is C19H16ClN3O5S. The van der Waals surface area contributed by atoms with Gasteiger partial charge in [-0.1, -0.05) is 23.7 Å². The van der Waals surface area contributed by atoms with Gasteiger partial charge in [0.1, 0.15) is 10.7 Å². The number of nitrogens with zero attached hydrogens (tertiary/aromatic N) is 2. The van der Waals surface area contributed by atoms with E-state index in [-0.39, 0.29) is 21.6 Å². The number of para-hydroxylation sites is 1. The number of carbonyl (C=O) groups is 1. The first-order chi connectivity index (χ1) is 13.9. The second-order valence-corrected chi connectivity index (χ2v) is 7.07. The van der Waals surface area contributed by atoms with Crippen LogP contribution in [0.25, 0.3) is 17.5 Å². The van der Waals surface area contributed by atoms with E-state index < -0.39 is 5.97 Å². The van der Waals surface area contributed by atoms with Gasteiger partial charge in [0.2, 0.25) is 5.16 Å². The fourth-order valence-corrected chi connectivity index (χ4v) is 3.34. The number of hydrogen-bond donors (Lipinski definition) is 3. The third-order valence-electron chi connectivity index (χ3n) is 3.83. The van der Waals surface area contributed by atoms with Crippen molar-refractivity contribution in [3.05, 3.63) is 51.9 Å². The fraction of sp³-hybridized carbons (Fsp3) is 0.105. The standard InChI is InChI=1S/C19H16ClN3O5S/c1-27-13-7-6-11(20)9-12(13)17-21-19(23-22-17)29-15(18(25)26)8-10-4-3-5-14(28-2)16(10)24/h3-9,24H,1-2H3,(H,25,26)(H,21,22,23)/b15-8-. The molecule has 0 fully saturated rings. The number of nitrogens with one attached hydrogen (secondary N) is 1. The number of hydrogen-bond acceptors (Lipinski definition) is 7. The maximum Gasteiger partial charge on any atom is 0.342 e. The first-order valence-electron chi connectivity index (χ1n) is 8.18. The van der Waals surface area contributed by atoms with Crippen LogP contribution in [0.15, 0.2) is 46.5 Å². The van der Waals surface area contributed by atoms with Gasteiger partial charge in [0.25, 0.3) is 0 Å². The number of aromatic hydroxyl groups is 1. The highest BCUT2D eigenvalue weighted by molar-refractivity contribution is 8.04. The molecule has 10 heteroatoms. The van der Waals surface area contributed by atoms with E-state index in [1.165, 1.54) is 20.3 Å². The number of benzene rings is 2. The summed E-state index contributed by atoms with van der Waals surface area (Å²) in [6.45, 7) is 0. The quantitative estimate of drug-likeness (QED) is 0.377. The van der Waals surface area contributed by atoms with Crippen molar-refractivity contribution in [2.45, 2.75) is 5.16 Å². The van der Waals surface area contributed by atoms with E-state index >= 15 is 0 Å². The molecular weight excluding hydrogens is 418 g/mol. The number of carboxylic acid groups (broad SMARTS) is 1. The van der Waals surface area contributed by atoms with E-state index in [1.54, 1.807) is 36.4 Å². The largest absolute Gasteiger partial charge is 0.504 e. The van der Waals surface area contributed by atoms with Crippen molar-refractivity contribution < 1.29 is 24.5 Å². The first-order valence-corrected chi connectivity index (χ1v) is 9.37. The maximum atomic E-state index is 11.7. The second-order valence-electron chi connectivity index (χ2n) is 5.63. The summed E-state index contributed by atoms with van der Waals surface area (Å²) in [5.41, 5.74) is 0.882. The average Bonchev–Trinajstić information content (AvgIpc) is 3.17. The van der Waals surface area contributed by atoms with Gasteiger partial charge in [0, 0.05) is 10.6 Å². The number of H-pyrrole nitrogens is 1. The number of thioether (sulfide) groups is 1. The zero-order valence-electron chi connectivity index (χ0n) is 15.3. The summed E-state index contributed by atoms with van der Waals surface area (Å²) in [5.74, 6) is -0.197. The van der Waals surface area contributed by atoms with Crippen LogP contribution in [0.1, 0.15) is 5.56 Å². The van der Waals surface area contributed by atoms with Gasteiger partial charge in [-0.2, -0.15) is 0 Å². The van der Waals surface area contributed by atoms with Crippen LogP contribution in [0.3, 0.4) is 0 Å². The number of rotatable bonds is 7. The lowest BCUT2D eigenvalue weighted by Crippen LogP contribution is -1.97. The molecule has 0 unspecified atom stereocenters. The number of phenolic OH excluding ortho intramolecular Hbond substituents is 1. The first kappa shape index (κ1) is 20.6. The Labute approximate surface area is 175 Å². The molecule has 0 aliphatic rings. The smallest absolute Gasteiger partial charge is 0.342 e. The van der Waals surface area contributed by atoms with Crippen LogP contribution in [0.4, 0.5) is 0 Å². The minimum Gasteiger partial charge on any atom is -0.504 e. The van der Waals surface area contributed by atoms with Crippen molar-refractivity contribution in [3.8, 4) is 28.6 Å². The van der Waals surface area contributed by atoms with Gasteiger partial charge in [0.05, 0.1) is 19.8 Å². The minimum absolute atomic E-state index is 0.0860. The van der Waals surface area contributed by atoms with E-state index in [1.807, 2.05) is 0 Å². The van der Waals surface area contributed by atoms with Crippen molar-refractivity contribution >= 4 is 35.4 Å². The molecule has 0 aliphatic carbocycles. The van der Waals surface area contributed by atoms with Crippen LogP contribution < -0.4 is 9.47 Å². The van der Waals surface area contributed by atoms with E-state index in [2.05, 4.69) is 15.2 Å². The van der Waals surface area contributed by atoms with Crippen molar-refractivity contribution in [2.75, 3.05) is 14.2 Å². The zero-order chi connectivity index (χ0) is 21.0. The number of carboxylic acids is 1. The number of aromatic amines is 1. The van der Waals surface area contributed by atoms with Crippen LogP contribution in [-0.2, 0) is 4.79 Å². The molecule has 150 valence electrons. The molecule has 0 radical (unpaired) electrons. The lowest BCUT2D eigenvalue weighted by atomic mass is 10.1. The molecule has 0 saturated carbocycles. The predicted octanol–water partition coefficient (Wildman–Crippen LogP) is 4.07. The van der Waals surface area contributed by atoms with Crippen molar-refractivity contribution in [1.29, 1.82) is 0 Å². The summed E-state index contributed by atoms with van der Waals surface area (Å²) in [6.07, 6.45) is 1.32. The third kappa shape index (κ3) is 4.64. The Bertz CT molecular complexity index is 1080. The summed E-state index contributed by atoms with van der Waals surface area (Å²) in [6, 6.07) is 9.83. The molecule has 2 aromatic carbocycles. The normalized spacial score (nSPS) is 11.3. The molecule has 8 nitrogen and oxygen atoms in total. The highest BCUT2D eigenvalue weighted by Gasteiger charge is 2.17. The van der Waals surface area contributed by atoms with Gasteiger partial charge in [-0.15, -0.1) is 5.10 Å². The van der Waals surface area contributed by atoms with Gasteiger partial charge < -0.3 is 19.7 Å². The molecule has 3 rings (SSSR count). The summed E-state index contributed by atoms with van der Waals surface area (Å²) in [5, 5.41) is 27.2. The van der Waals surface area contributed by atoms with Gasteiger partial charge in [-0.25, -0.2) is 9.78 Å². The highest BCUT2D eigenvalue weighted by atomic mass is 35.5. The fourth-order valence-electron chi connectivity index (χ4n) is 2.47. The lowest BCUT2D eigenvalue weighted by Gasteiger charge is -2.06. The third-order valence-corrected chi connectivity index (χ3v) is 4.94. The van der Waals surface area contributed by atoms with Crippen LogP contribution >= 0.6 is 23.4 Å². The van der Waals surface area contributed by atoms with Gasteiger partial charge in [-0.05, 0) is 42.1 Å². The van der Waals surface area contributed by atoms with Gasteiger partial charge in [0.15, 0.2) is 17.3 Å². The van der Waals surface area contributed by atoms with Crippen LogP contribution in [0.5, 0.6) is 17.2 Å². The Morgan fingerprint density at radius 2 is 1.97 bits per heavy atom. The van der Waals surface area contributed by atoms with E-state index in [9.17, 15) is 15.0 Å². The predicted molar refractivity (Wildman–Crippen MR) is 110 cm³/mol. The summed E-state index contributed by atoms with van der Waals surface area (Å²) in [7, 11) is 2.93. The number of ether oxygens (including phenoxy) is 2.